The van der Waals surface area contributed by atoms with Gasteiger partial charge in [0.15, 0.2) is 0 Å². The number of nitrogens with two attached hydrogens (primary N) is 2. The zero-order valence-corrected chi connectivity index (χ0v) is 21.8. The lowest BCUT2D eigenvalue weighted by Gasteiger charge is -2.09. The fraction of sp³-hybridized carbons (Fsp3) is 0.267. The first kappa shape index (κ1) is 30.1. The van der Waals surface area contributed by atoms with E-state index in [0.29, 0.717) is 41.3 Å². The number of esters is 2. The van der Waals surface area contributed by atoms with Crippen molar-refractivity contribution in [3.63, 3.8) is 0 Å². The third-order valence-electron chi connectivity index (χ3n) is 5.61. The monoisotopic (exact) mass is 556 g/mol. The molecular formula is C30H31F3N2O5. The summed E-state index contributed by atoms with van der Waals surface area (Å²) >= 11 is 0. The second-order valence-electron chi connectivity index (χ2n) is 9.02. The number of anilines is 2. The molecule has 40 heavy (non-hydrogen) atoms. The molecule has 0 aliphatic carbocycles. The summed E-state index contributed by atoms with van der Waals surface area (Å²) in [7, 11) is 0. The van der Waals surface area contributed by atoms with Gasteiger partial charge in [-0.05, 0) is 97.5 Å². The zero-order valence-electron chi connectivity index (χ0n) is 21.8. The molecule has 0 aliphatic heterocycles. The molecule has 0 atom stereocenters. The van der Waals surface area contributed by atoms with Gasteiger partial charge in [0.25, 0.3) is 0 Å². The number of aryl methyl sites for hydroxylation is 1. The average molecular weight is 557 g/mol. The van der Waals surface area contributed by atoms with Gasteiger partial charge in [0, 0.05) is 23.9 Å². The maximum absolute atomic E-state index is 12.4. The SMILES string of the molecule is Nc1cc(N)cc(CCCOC(=O)/C=C/c2ccc(OC(=O)c3ccc(OCCCCC(F)(F)F)cc3)cc2)c1. The van der Waals surface area contributed by atoms with Crippen LogP contribution >= 0.6 is 0 Å². The molecule has 0 saturated carbocycles. The van der Waals surface area contributed by atoms with E-state index in [4.69, 9.17) is 25.7 Å². The highest BCUT2D eigenvalue weighted by Crippen LogP contribution is 2.23. The van der Waals surface area contributed by atoms with Gasteiger partial charge in [-0.2, -0.15) is 13.2 Å². The molecular weight excluding hydrogens is 525 g/mol. The van der Waals surface area contributed by atoms with Crippen molar-refractivity contribution in [1.82, 2.24) is 0 Å². The molecule has 0 aliphatic rings. The predicted molar refractivity (Wildman–Crippen MR) is 147 cm³/mol. The lowest BCUT2D eigenvalue weighted by molar-refractivity contribution is -0.138. The van der Waals surface area contributed by atoms with Gasteiger partial charge >= 0.3 is 18.1 Å². The molecule has 3 aromatic rings. The molecule has 212 valence electrons. The van der Waals surface area contributed by atoms with Crippen molar-refractivity contribution in [3.05, 3.63) is 89.5 Å². The summed E-state index contributed by atoms with van der Waals surface area (Å²) < 4.78 is 52.5. The summed E-state index contributed by atoms with van der Waals surface area (Å²) in [5.74, 6) is -0.289. The smallest absolute Gasteiger partial charge is 0.389 e. The highest BCUT2D eigenvalue weighted by Gasteiger charge is 2.25. The van der Waals surface area contributed by atoms with Crippen LogP contribution in [0.25, 0.3) is 6.08 Å². The van der Waals surface area contributed by atoms with Crippen LogP contribution in [-0.4, -0.2) is 31.3 Å². The van der Waals surface area contributed by atoms with Gasteiger partial charge in [-0.1, -0.05) is 12.1 Å². The largest absolute Gasteiger partial charge is 0.494 e. The first-order valence-electron chi connectivity index (χ1n) is 12.7. The predicted octanol–water partition coefficient (Wildman–Crippen LogP) is 6.37. The van der Waals surface area contributed by atoms with E-state index in [2.05, 4.69) is 0 Å². The molecule has 7 nitrogen and oxygen atoms in total. The van der Waals surface area contributed by atoms with Gasteiger partial charge < -0.3 is 25.7 Å². The number of ether oxygens (including phenoxy) is 3. The van der Waals surface area contributed by atoms with Crippen LogP contribution < -0.4 is 20.9 Å². The van der Waals surface area contributed by atoms with Gasteiger partial charge in [-0.15, -0.1) is 0 Å². The molecule has 0 spiro atoms. The molecule has 3 aromatic carbocycles. The second kappa shape index (κ2) is 14.6. The number of carbonyl (C=O) groups is 2. The topological polar surface area (TPSA) is 114 Å². The van der Waals surface area contributed by atoms with Crippen LogP contribution in [0.3, 0.4) is 0 Å². The minimum atomic E-state index is -4.16. The van der Waals surface area contributed by atoms with Crippen molar-refractivity contribution in [2.75, 3.05) is 24.7 Å². The highest BCUT2D eigenvalue weighted by molar-refractivity contribution is 5.91. The van der Waals surface area contributed by atoms with E-state index in [-0.39, 0.29) is 31.6 Å². The minimum absolute atomic E-state index is 0.00509. The number of hydrogen-bond acceptors (Lipinski definition) is 7. The molecule has 4 N–H and O–H groups in total. The summed E-state index contributed by atoms with van der Waals surface area (Å²) in [5.41, 5.74) is 14.7. The van der Waals surface area contributed by atoms with E-state index in [9.17, 15) is 22.8 Å². The third-order valence-corrected chi connectivity index (χ3v) is 5.61. The van der Waals surface area contributed by atoms with Crippen molar-refractivity contribution in [2.45, 2.75) is 38.3 Å². The number of benzene rings is 3. The quantitative estimate of drug-likeness (QED) is 0.0827. The van der Waals surface area contributed by atoms with E-state index in [1.165, 1.54) is 18.2 Å². The van der Waals surface area contributed by atoms with Gasteiger partial charge in [-0.25, -0.2) is 9.59 Å². The fourth-order valence-electron chi connectivity index (χ4n) is 3.67. The minimum Gasteiger partial charge on any atom is -0.494 e. The lowest BCUT2D eigenvalue weighted by Crippen LogP contribution is -2.09. The van der Waals surface area contributed by atoms with Crippen molar-refractivity contribution in [2.24, 2.45) is 0 Å². The van der Waals surface area contributed by atoms with Crippen LogP contribution in [0, 0.1) is 0 Å². The van der Waals surface area contributed by atoms with Crippen LogP contribution in [0.15, 0.2) is 72.8 Å². The van der Waals surface area contributed by atoms with E-state index in [0.717, 1.165) is 5.56 Å². The summed E-state index contributed by atoms with van der Waals surface area (Å²) in [5, 5.41) is 0. The number of halogens is 3. The van der Waals surface area contributed by atoms with E-state index in [1.807, 2.05) is 12.1 Å². The van der Waals surface area contributed by atoms with Crippen LogP contribution in [0.4, 0.5) is 24.5 Å². The second-order valence-corrected chi connectivity index (χ2v) is 9.02. The number of carbonyl (C=O) groups excluding carboxylic acids is 2. The molecule has 0 unspecified atom stereocenters. The Labute approximate surface area is 230 Å². The molecule has 0 heterocycles. The van der Waals surface area contributed by atoms with Crippen LogP contribution in [0.1, 0.15) is 47.2 Å². The molecule has 0 radical (unpaired) electrons. The molecule has 3 rings (SSSR count). The molecule has 0 fully saturated rings. The molecule has 0 bridgehead atoms. The fourth-order valence-corrected chi connectivity index (χ4v) is 3.67. The maximum Gasteiger partial charge on any atom is 0.389 e. The van der Waals surface area contributed by atoms with Gasteiger partial charge in [0.2, 0.25) is 0 Å². The molecule has 0 aromatic heterocycles. The summed E-state index contributed by atoms with van der Waals surface area (Å²) in [6.07, 6.45) is -0.515. The first-order valence-corrected chi connectivity index (χ1v) is 12.7. The van der Waals surface area contributed by atoms with Gasteiger partial charge in [0.05, 0.1) is 18.8 Å². The Morgan fingerprint density at radius 1 is 0.800 bits per heavy atom. The number of unbranched alkanes of at least 4 members (excludes halogenated alkanes) is 1. The summed E-state index contributed by atoms with van der Waals surface area (Å²) in [6.45, 7) is 0.403. The molecule has 0 amide bonds. The first-order chi connectivity index (χ1) is 19.1. The van der Waals surface area contributed by atoms with Crippen LogP contribution in [-0.2, 0) is 16.0 Å². The third kappa shape index (κ3) is 11.1. The van der Waals surface area contributed by atoms with Crippen molar-refractivity contribution in [3.8, 4) is 11.5 Å². The van der Waals surface area contributed by atoms with Crippen molar-refractivity contribution >= 4 is 29.4 Å². The normalized spacial score (nSPS) is 11.4. The van der Waals surface area contributed by atoms with Crippen LogP contribution in [0.2, 0.25) is 0 Å². The summed E-state index contributed by atoms with van der Waals surface area (Å²) in [6, 6.07) is 18.1. The van der Waals surface area contributed by atoms with Crippen LogP contribution in [0.5, 0.6) is 11.5 Å². The Bertz CT molecular complexity index is 1270. The van der Waals surface area contributed by atoms with Gasteiger partial charge in [0.1, 0.15) is 11.5 Å². The summed E-state index contributed by atoms with van der Waals surface area (Å²) in [4.78, 5) is 24.4. The van der Waals surface area contributed by atoms with Gasteiger partial charge in [-0.3, -0.25) is 0 Å². The number of alkyl halides is 3. The highest BCUT2D eigenvalue weighted by atomic mass is 19.4. The van der Waals surface area contributed by atoms with E-state index in [1.54, 1.807) is 48.5 Å². The van der Waals surface area contributed by atoms with E-state index >= 15 is 0 Å². The molecule has 10 heteroatoms. The van der Waals surface area contributed by atoms with Crippen molar-refractivity contribution < 1.29 is 37.0 Å². The number of hydrogen-bond donors (Lipinski definition) is 2. The molecule has 0 saturated heterocycles. The Kier molecular flexibility index (Phi) is 11.0. The Hall–Kier alpha value is -4.47. The standard InChI is InChI=1S/C30H31F3N2O5/c31-30(32,33)15-1-2-16-38-26-12-8-23(9-13-26)29(37)40-27-10-5-21(6-11-27)7-14-28(36)39-17-3-4-22-18-24(34)20-25(35)19-22/h5-14,18-20H,1-4,15-17,34-35H2/b14-7+. The average Bonchev–Trinajstić information content (AvgIpc) is 2.90. The van der Waals surface area contributed by atoms with Crippen molar-refractivity contribution in [1.29, 1.82) is 0 Å². The Morgan fingerprint density at radius 3 is 2.10 bits per heavy atom. The zero-order chi connectivity index (χ0) is 29.0. The number of rotatable bonds is 13. The number of nitrogen functional groups attached to an aromatic ring is 2. The van der Waals surface area contributed by atoms with E-state index < -0.39 is 24.5 Å². The Morgan fingerprint density at radius 2 is 1.45 bits per heavy atom. The lowest BCUT2D eigenvalue weighted by atomic mass is 10.1. The Balaban J connectivity index is 1.37. The maximum atomic E-state index is 12.4.